The van der Waals surface area contributed by atoms with Crippen LogP contribution in [0.4, 0.5) is 0 Å². The summed E-state index contributed by atoms with van der Waals surface area (Å²) >= 11 is 0. The first kappa shape index (κ1) is 19.5. The van der Waals surface area contributed by atoms with E-state index in [1.165, 1.54) is 0 Å². The summed E-state index contributed by atoms with van der Waals surface area (Å²) in [5, 5.41) is 2.60. The van der Waals surface area contributed by atoms with Crippen LogP contribution >= 0.6 is 0 Å². The lowest BCUT2D eigenvalue weighted by Gasteiger charge is -2.28. The molecule has 2 rings (SSSR count). The van der Waals surface area contributed by atoms with Crippen LogP contribution in [0.25, 0.3) is 0 Å². The van der Waals surface area contributed by atoms with Gasteiger partial charge in [-0.05, 0) is 38.0 Å². The topological polar surface area (TPSA) is 58.6 Å². The molecule has 0 bridgehead atoms. The van der Waals surface area contributed by atoms with Gasteiger partial charge in [-0.1, -0.05) is 48.0 Å². The van der Waals surface area contributed by atoms with Crippen molar-refractivity contribution in [3.8, 4) is 5.75 Å². The molecular formula is C21H26N2O3. The van der Waals surface area contributed by atoms with Crippen LogP contribution in [-0.4, -0.2) is 43.0 Å². The summed E-state index contributed by atoms with van der Waals surface area (Å²) in [5.74, 6) is 0.235. The van der Waals surface area contributed by atoms with Crippen LogP contribution in [0.2, 0.25) is 0 Å². The van der Waals surface area contributed by atoms with Crippen LogP contribution < -0.4 is 10.1 Å². The van der Waals surface area contributed by atoms with Gasteiger partial charge < -0.3 is 15.0 Å². The lowest BCUT2D eigenvalue weighted by molar-refractivity contribution is -0.141. The predicted octanol–water partition coefficient (Wildman–Crippen LogP) is 2.58. The average Bonchev–Trinajstić information content (AvgIpc) is 2.67. The Kier molecular flexibility index (Phi) is 7.21. The van der Waals surface area contributed by atoms with Crippen molar-refractivity contribution >= 4 is 11.8 Å². The quantitative estimate of drug-likeness (QED) is 0.793. The fraction of sp³-hybridized carbons (Fsp3) is 0.333. The third-order valence-corrected chi connectivity index (χ3v) is 4.28. The van der Waals surface area contributed by atoms with Gasteiger partial charge >= 0.3 is 0 Å². The molecule has 5 heteroatoms. The Morgan fingerprint density at radius 1 is 1.08 bits per heavy atom. The second-order valence-electron chi connectivity index (χ2n) is 6.21. The van der Waals surface area contributed by atoms with Gasteiger partial charge in [0.2, 0.25) is 5.91 Å². The Hall–Kier alpha value is -2.82. The number of hydrogen-bond acceptors (Lipinski definition) is 3. The molecule has 1 atom stereocenters. The molecule has 0 saturated heterocycles. The first-order chi connectivity index (χ1) is 12.5. The fourth-order valence-electron chi connectivity index (χ4n) is 2.64. The molecular weight excluding hydrogens is 328 g/mol. The summed E-state index contributed by atoms with van der Waals surface area (Å²) in [5.41, 5.74) is 2.25. The Balaban J connectivity index is 2.02. The lowest BCUT2D eigenvalue weighted by atomic mass is 10.1. The maximum Gasteiger partial charge on any atom is 0.261 e. The van der Waals surface area contributed by atoms with Crippen molar-refractivity contribution in [1.29, 1.82) is 0 Å². The molecule has 26 heavy (non-hydrogen) atoms. The van der Waals surface area contributed by atoms with Crippen molar-refractivity contribution in [3.63, 3.8) is 0 Å². The van der Waals surface area contributed by atoms with Crippen LogP contribution in [0.3, 0.4) is 0 Å². The largest absolute Gasteiger partial charge is 0.484 e. The van der Waals surface area contributed by atoms with E-state index in [-0.39, 0.29) is 18.4 Å². The van der Waals surface area contributed by atoms with Crippen molar-refractivity contribution in [2.75, 3.05) is 20.2 Å². The molecule has 0 aliphatic heterocycles. The van der Waals surface area contributed by atoms with Crippen molar-refractivity contribution in [1.82, 2.24) is 10.2 Å². The normalized spacial score (nSPS) is 11.5. The van der Waals surface area contributed by atoms with Crippen LogP contribution in [-0.2, 0) is 16.0 Å². The van der Waals surface area contributed by atoms with Crippen LogP contribution in [0.5, 0.6) is 5.75 Å². The number of nitrogens with zero attached hydrogens (tertiary/aromatic N) is 1. The van der Waals surface area contributed by atoms with Crippen LogP contribution in [0.1, 0.15) is 18.1 Å². The van der Waals surface area contributed by atoms with E-state index in [1.807, 2.05) is 61.5 Å². The van der Waals surface area contributed by atoms with Crippen LogP contribution in [0, 0.1) is 6.92 Å². The number of rotatable bonds is 8. The van der Waals surface area contributed by atoms with E-state index < -0.39 is 6.04 Å². The van der Waals surface area contributed by atoms with E-state index >= 15 is 0 Å². The highest BCUT2D eigenvalue weighted by molar-refractivity contribution is 5.87. The van der Waals surface area contributed by atoms with Gasteiger partial charge in [0, 0.05) is 13.6 Å². The van der Waals surface area contributed by atoms with Crippen molar-refractivity contribution in [2.24, 2.45) is 0 Å². The van der Waals surface area contributed by atoms with Crippen molar-refractivity contribution in [2.45, 2.75) is 26.3 Å². The Bertz CT molecular complexity index is 714. The van der Waals surface area contributed by atoms with Gasteiger partial charge in [-0.2, -0.15) is 0 Å². The third-order valence-electron chi connectivity index (χ3n) is 4.28. The summed E-state index contributed by atoms with van der Waals surface area (Å²) in [6, 6.07) is 16.9. The Labute approximate surface area is 155 Å². The summed E-state index contributed by atoms with van der Waals surface area (Å²) < 4.78 is 5.60. The first-order valence-corrected chi connectivity index (χ1v) is 8.75. The molecule has 0 radical (unpaired) electrons. The Morgan fingerprint density at radius 2 is 1.73 bits per heavy atom. The highest BCUT2D eigenvalue weighted by Crippen LogP contribution is 2.12. The molecule has 0 fully saturated rings. The SMILES string of the molecule is CNC(=O)C(C)N(CCc1ccccc1)C(=O)COc1ccc(C)cc1. The minimum atomic E-state index is -0.558. The number of amides is 2. The number of likely N-dealkylation sites (N-methyl/N-ethyl adjacent to an activating group) is 1. The summed E-state index contributed by atoms with van der Waals surface area (Å²) in [6.07, 6.45) is 0.679. The van der Waals surface area contributed by atoms with E-state index in [0.717, 1.165) is 11.1 Å². The molecule has 2 amide bonds. The average molecular weight is 354 g/mol. The van der Waals surface area contributed by atoms with Gasteiger partial charge in [-0.15, -0.1) is 0 Å². The van der Waals surface area contributed by atoms with E-state index in [1.54, 1.807) is 18.9 Å². The molecule has 0 aliphatic carbocycles. The van der Waals surface area contributed by atoms with E-state index in [0.29, 0.717) is 18.7 Å². The number of carbonyl (C=O) groups is 2. The molecule has 1 N–H and O–H groups in total. The maximum atomic E-state index is 12.7. The predicted molar refractivity (Wildman–Crippen MR) is 102 cm³/mol. The molecule has 5 nitrogen and oxygen atoms in total. The number of ether oxygens (including phenoxy) is 1. The summed E-state index contributed by atoms with van der Waals surface area (Å²) in [6.45, 7) is 4.08. The van der Waals surface area contributed by atoms with Gasteiger partial charge in [0.1, 0.15) is 11.8 Å². The van der Waals surface area contributed by atoms with Gasteiger partial charge in [-0.25, -0.2) is 0 Å². The summed E-state index contributed by atoms with van der Waals surface area (Å²) in [7, 11) is 1.57. The zero-order valence-electron chi connectivity index (χ0n) is 15.6. The molecule has 0 aliphatic rings. The summed E-state index contributed by atoms with van der Waals surface area (Å²) in [4.78, 5) is 26.3. The minimum absolute atomic E-state index is 0.0980. The smallest absolute Gasteiger partial charge is 0.261 e. The monoisotopic (exact) mass is 354 g/mol. The molecule has 0 spiro atoms. The molecule has 138 valence electrons. The molecule has 0 saturated carbocycles. The van der Waals surface area contributed by atoms with Crippen LogP contribution in [0.15, 0.2) is 54.6 Å². The Morgan fingerprint density at radius 3 is 2.35 bits per heavy atom. The molecule has 0 aromatic heterocycles. The van der Waals surface area contributed by atoms with Gasteiger partial charge in [0.15, 0.2) is 6.61 Å². The standard InChI is InChI=1S/C21H26N2O3/c1-16-9-11-19(12-10-16)26-15-20(24)23(17(2)21(25)22-3)14-13-18-7-5-4-6-8-18/h4-12,17H,13-15H2,1-3H3,(H,22,25). The van der Waals surface area contributed by atoms with Crippen molar-refractivity contribution < 1.29 is 14.3 Å². The van der Waals surface area contributed by atoms with Gasteiger partial charge in [0.05, 0.1) is 0 Å². The molecule has 2 aromatic rings. The molecule has 0 heterocycles. The van der Waals surface area contributed by atoms with E-state index in [9.17, 15) is 9.59 Å². The maximum absolute atomic E-state index is 12.7. The van der Waals surface area contributed by atoms with Gasteiger partial charge in [-0.3, -0.25) is 9.59 Å². The number of hydrogen-bond donors (Lipinski definition) is 1. The zero-order valence-corrected chi connectivity index (χ0v) is 15.6. The zero-order chi connectivity index (χ0) is 18.9. The number of carbonyl (C=O) groups excluding carboxylic acids is 2. The third kappa shape index (κ3) is 5.62. The molecule has 2 aromatic carbocycles. The number of benzene rings is 2. The molecule has 1 unspecified atom stereocenters. The fourth-order valence-corrected chi connectivity index (χ4v) is 2.64. The van der Waals surface area contributed by atoms with Crippen molar-refractivity contribution in [3.05, 3.63) is 65.7 Å². The first-order valence-electron chi connectivity index (χ1n) is 8.75. The van der Waals surface area contributed by atoms with E-state index in [2.05, 4.69) is 5.32 Å². The number of aryl methyl sites for hydroxylation is 1. The second-order valence-corrected chi connectivity index (χ2v) is 6.21. The number of nitrogens with one attached hydrogen (secondary N) is 1. The highest BCUT2D eigenvalue weighted by atomic mass is 16.5. The minimum Gasteiger partial charge on any atom is -0.484 e. The van der Waals surface area contributed by atoms with E-state index in [4.69, 9.17) is 4.74 Å². The second kappa shape index (κ2) is 9.61. The lowest BCUT2D eigenvalue weighted by Crippen LogP contribution is -2.49. The van der Waals surface area contributed by atoms with Gasteiger partial charge in [0.25, 0.3) is 5.91 Å². The highest BCUT2D eigenvalue weighted by Gasteiger charge is 2.25.